The third kappa shape index (κ3) is 4.07. The standard InChI is InChI=1S/C26H34N4O3/c1-26-12-11-21-20-7-5-19(33-2)15-17(20)3-6-22(21)23(26)8-9-24(26)27-13-14-28-25-10-4-18(16-29-25)30(31)32/h4-5,7,10,15-16,21-24,27H,3,6,8-9,11-14H2,1-2H3,(H,28,29)/t21?,22?,23?,24-,26?/m0/s1. The van der Waals surface area contributed by atoms with Crippen LogP contribution >= 0.6 is 0 Å². The third-order valence-corrected chi connectivity index (χ3v) is 8.71. The van der Waals surface area contributed by atoms with Gasteiger partial charge >= 0.3 is 0 Å². The first-order valence-electron chi connectivity index (χ1n) is 12.2. The monoisotopic (exact) mass is 450 g/mol. The minimum absolute atomic E-state index is 0.0173. The third-order valence-electron chi connectivity index (χ3n) is 8.71. The molecule has 1 aromatic heterocycles. The van der Waals surface area contributed by atoms with Gasteiger partial charge in [0.2, 0.25) is 0 Å². The highest BCUT2D eigenvalue weighted by atomic mass is 16.6. The quantitative estimate of drug-likeness (QED) is 0.353. The van der Waals surface area contributed by atoms with Crippen molar-refractivity contribution in [3.05, 3.63) is 57.8 Å². The minimum atomic E-state index is -0.425. The van der Waals surface area contributed by atoms with Gasteiger partial charge in [0.05, 0.1) is 12.0 Å². The molecule has 0 aliphatic heterocycles. The van der Waals surface area contributed by atoms with Crippen LogP contribution in [-0.2, 0) is 6.42 Å². The van der Waals surface area contributed by atoms with Gasteiger partial charge in [0.15, 0.2) is 0 Å². The highest BCUT2D eigenvalue weighted by molar-refractivity contribution is 5.41. The van der Waals surface area contributed by atoms with Gasteiger partial charge in [-0.05, 0) is 91.0 Å². The van der Waals surface area contributed by atoms with Crippen LogP contribution < -0.4 is 15.4 Å². The first kappa shape index (κ1) is 22.1. The number of hydrogen-bond acceptors (Lipinski definition) is 6. The predicted molar refractivity (Wildman–Crippen MR) is 129 cm³/mol. The van der Waals surface area contributed by atoms with Gasteiger partial charge in [-0.3, -0.25) is 10.1 Å². The second kappa shape index (κ2) is 8.93. The van der Waals surface area contributed by atoms with Crippen LogP contribution in [0.15, 0.2) is 36.5 Å². The molecule has 5 rings (SSSR count). The van der Waals surface area contributed by atoms with Gasteiger partial charge in [-0.25, -0.2) is 4.98 Å². The zero-order valence-electron chi connectivity index (χ0n) is 19.5. The molecule has 5 atom stereocenters. The Hall–Kier alpha value is -2.67. The molecule has 0 spiro atoms. The molecule has 1 aromatic carbocycles. The summed E-state index contributed by atoms with van der Waals surface area (Å²) in [5.41, 5.74) is 3.45. The number of nitrogens with zero attached hydrogens (tertiary/aromatic N) is 2. The Morgan fingerprint density at radius 2 is 2.06 bits per heavy atom. The second-order valence-corrected chi connectivity index (χ2v) is 10.2. The number of methoxy groups -OCH3 is 1. The van der Waals surface area contributed by atoms with Gasteiger partial charge in [-0.15, -0.1) is 0 Å². The van der Waals surface area contributed by atoms with Crippen LogP contribution in [0.3, 0.4) is 0 Å². The van der Waals surface area contributed by atoms with Crippen LogP contribution in [0.4, 0.5) is 11.5 Å². The lowest BCUT2D eigenvalue weighted by Gasteiger charge is -2.51. The van der Waals surface area contributed by atoms with Gasteiger partial charge in [-0.1, -0.05) is 13.0 Å². The van der Waals surface area contributed by atoms with Crippen molar-refractivity contribution >= 4 is 11.5 Å². The summed E-state index contributed by atoms with van der Waals surface area (Å²) in [6, 6.07) is 10.4. The molecule has 2 saturated carbocycles. The predicted octanol–water partition coefficient (Wildman–Crippen LogP) is 4.92. The fourth-order valence-corrected chi connectivity index (χ4v) is 7.06. The number of ether oxygens (including phenoxy) is 1. The number of anilines is 1. The Morgan fingerprint density at radius 1 is 1.18 bits per heavy atom. The van der Waals surface area contributed by atoms with E-state index in [4.69, 9.17) is 4.74 Å². The summed E-state index contributed by atoms with van der Waals surface area (Å²) in [6.07, 6.45) is 8.89. The van der Waals surface area contributed by atoms with E-state index in [0.29, 0.717) is 23.2 Å². The second-order valence-electron chi connectivity index (χ2n) is 10.2. The molecule has 2 N–H and O–H groups in total. The van der Waals surface area contributed by atoms with Crippen molar-refractivity contribution in [1.82, 2.24) is 10.3 Å². The molecular formula is C26H34N4O3. The largest absolute Gasteiger partial charge is 0.497 e. The van der Waals surface area contributed by atoms with Crippen LogP contribution in [0, 0.1) is 27.4 Å². The van der Waals surface area contributed by atoms with Gasteiger partial charge in [0, 0.05) is 25.2 Å². The van der Waals surface area contributed by atoms with Crippen molar-refractivity contribution in [2.45, 2.75) is 57.4 Å². The Kier molecular flexibility index (Phi) is 5.99. The zero-order chi connectivity index (χ0) is 23.0. The van der Waals surface area contributed by atoms with Gasteiger partial charge in [0.1, 0.15) is 17.8 Å². The maximum atomic E-state index is 10.8. The molecule has 1 heterocycles. The van der Waals surface area contributed by atoms with Gasteiger partial charge < -0.3 is 15.4 Å². The van der Waals surface area contributed by atoms with E-state index in [1.807, 2.05) is 0 Å². The molecule has 176 valence electrons. The molecule has 0 saturated heterocycles. The summed E-state index contributed by atoms with van der Waals surface area (Å²) in [6.45, 7) is 4.14. The number of rotatable bonds is 7. The van der Waals surface area contributed by atoms with Crippen molar-refractivity contribution in [2.75, 3.05) is 25.5 Å². The maximum Gasteiger partial charge on any atom is 0.287 e. The SMILES string of the molecule is COc1ccc2c(c1)CCC1C2CCC2(C)C1CC[C@@H]2NCCNc1ccc([N+](=O)[O-])cn1. The number of fused-ring (bicyclic) bond motifs is 5. The number of benzene rings is 1. The molecule has 3 aliphatic carbocycles. The smallest absolute Gasteiger partial charge is 0.287 e. The van der Waals surface area contributed by atoms with E-state index >= 15 is 0 Å². The van der Waals surface area contributed by atoms with E-state index < -0.39 is 4.92 Å². The Bertz CT molecular complexity index is 1010. The molecule has 7 heteroatoms. The molecular weight excluding hydrogens is 416 g/mol. The topological polar surface area (TPSA) is 89.3 Å². The van der Waals surface area contributed by atoms with Gasteiger partial charge in [-0.2, -0.15) is 0 Å². The van der Waals surface area contributed by atoms with E-state index in [-0.39, 0.29) is 5.69 Å². The molecule has 3 aliphatic rings. The lowest BCUT2D eigenvalue weighted by Crippen LogP contribution is -2.49. The Morgan fingerprint density at radius 3 is 2.82 bits per heavy atom. The van der Waals surface area contributed by atoms with Crippen molar-refractivity contribution in [1.29, 1.82) is 0 Å². The molecule has 2 fully saturated rings. The summed E-state index contributed by atoms with van der Waals surface area (Å²) in [7, 11) is 1.75. The van der Waals surface area contributed by atoms with E-state index in [1.165, 1.54) is 56.4 Å². The number of nitro groups is 1. The van der Waals surface area contributed by atoms with Crippen LogP contribution in [0.2, 0.25) is 0 Å². The van der Waals surface area contributed by atoms with Crippen LogP contribution in [0.25, 0.3) is 0 Å². The summed E-state index contributed by atoms with van der Waals surface area (Å²) >= 11 is 0. The maximum absolute atomic E-state index is 10.8. The van der Waals surface area contributed by atoms with E-state index in [0.717, 1.165) is 30.7 Å². The molecule has 0 radical (unpaired) electrons. The lowest BCUT2D eigenvalue weighted by molar-refractivity contribution is -0.385. The summed E-state index contributed by atoms with van der Waals surface area (Å²) in [4.78, 5) is 14.5. The fraction of sp³-hybridized carbons (Fsp3) is 0.577. The normalized spacial score (nSPS) is 30.1. The van der Waals surface area contributed by atoms with Crippen molar-refractivity contribution in [3.8, 4) is 5.75 Å². The van der Waals surface area contributed by atoms with Gasteiger partial charge in [0.25, 0.3) is 5.69 Å². The van der Waals surface area contributed by atoms with Crippen LogP contribution in [-0.4, -0.2) is 36.1 Å². The summed E-state index contributed by atoms with van der Waals surface area (Å²) in [5.74, 6) is 3.94. The first-order valence-corrected chi connectivity index (χ1v) is 12.2. The minimum Gasteiger partial charge on any atom is -0.497 e. The number of nitrogens with one attached hydrogen (secondary N) is 2. The molecule has 0 amide bonds. The molecule has 7 nitrogen and oxygen atoms in total. The number of pyridine rings is 1. The van der Waals surface area contributed by atoms with Crippen LogP contribution in [0.5, 0.6) is 5.75 Å². The van der Waals surface area contributed by atoms with E-state index in [1.54, 1.807) is 18.7 Å². The average molecular weight is 451 g/mol. The molecule has 33 heavy (non-hydrogen) atoms. The fourth-order valence-electron chi connectivity index (χ4n) is 7.06. The van der Waals surface area contributed by atoms with Crippen molar-refractivity contribution in [2.24, 2.45) is 17.3 Å². The molecule has 2 aromatic rings. The Balaban J connectivity index is 1.18. The summed E-state index contributed by atoms with van der Waals surface area (Å²) in [5, 5.41) is 17.9. The number of aryl methyl sites for hydroxylation is 1. The highest BCUT2D eigenvalue weighted by Crippen LogP contribution is 2.60. The number of aromatic nitrogens is 1. The van der Waals surface area contributed by atoms with Crippen LogP contribution in [0.1, 0.15) is 56.1 Å². The van der Waals surface area contributed by atoms with E-state index in [2.05, 4.69) is 40.7 Å². The Labute approximate surface area is 195 Å². The van der Waals surface area contributed by atoms with Crippen molar-refractivity contribution in [3.63, 3.8) is 0 Å². The molecule has 4 unspecified atom stereocenters. The highest BCUT2D eigenvalue weighted by Gasteiger charge is 2.54. The lowest BCUT2D eigenvalue weighted by atomic mass is 9.55. The summed E-state index contributed by atoms with van der Waals surface area (Å²) < 4.78 is 5.46. The number of hydrogen-bond donors (Lipinski definition) is 2. The van der Waals surface area contributed by atoms with E-state index in [9.17, 15) is 10.1 Å². The van der Waals surface area contributed by atoms with Crippen molar-refractivity contribution < 1.29 is 9.66 Å². The zero-order valence-corrected chi connectivity index (χ0v) is 19.5. The average Bonchev–Trinajstić information content (AvgIpc) is 3.17. The first-order chi connectivity index (χ1) is 16.0. The molecule has 0 bridgehead atoms.